The largest absolute Gasteiger partial charge is 0.497 e. The third-order valence-electron chi connectivity index (χ3n) is 3.33. The van der Waals surface area contributed by atoms with Gasteiger partial charge in [-0.3, -0.25) is 0 Å². The molecule has 3 aromatic carbocycles. The Kier molecular flexibility index (Phi) is 4.15. The maximum Gasteiger partial charge on any atom is 0.340 e. The molecule has 23 heavy (non-hydrogen) atoms. The quantitative estimate of drug-likeness (QED) is 0.661. The van der Waals surface area contributed by atoms with Crippen molar-refractivity contribution in [2.75, 3.05) is 7.11 Å². The molecule has 0 unspecified atom stereocenters. The Morgan fingerprint density at radius 1 is 0.870 bits per heavy atom. The van der Waals surface area contributed by atoms with Crippen LogP contribution in [-0.4, -0.2) is 15.5 Å². The van der Waals surface area contributed by atoms with Crippen LogP contribution in [0.1, 0.15) is 0 Å². The average molecular weight is 349 g/mol. The minimum atomic E-state index is -4.06. The van der Waals surface area contributed by atoms with E-state index in [9.17, 15) is 8.42 Å². The summed E-state index contributed by atoms with van der Waals surface area (Å²) in [6.07, 6.45) is 0. The minimum absolute atomic E-state index is 0.0755. The molecule has 0 amide bonds. The number of fused-ring (bicyclic) bond motifs is 1. The van der Waals surface area contributed by atoms with Crippen molar-refractivity contribution in [3.8, 4) is 11.5 Å². The first-order chi connectivity index (χ1) is 11.0. The van der Waals surface area contributed by atoms with Gasteiger partial charge in [0.1, 0.15) is 16.4 Å². The Bertz CT molecular complexity index is 967. The maximum atomic E-state index is 12.5. The van der Waals surface area contributed by atoms with Crippen LogP contribution < -0.4 is 8.92 Å². The number of benzene rings is 3. The Hall–Kier alpha value is -2.24. The van der Waals surface area contributed by atoms with Gasteiger partial charge in [0.2, 0.25) is 0 Å². The van der Waals surface area contributed by atoms with Crippen molar-refractivity contribution >= 4 is 32.5 Å². The predicted molar refractivity (Wildman–Crippen MR) is 89.8 cm³/mol. The predicted octanol–water partition coefficient (Wildman–Crippen LogP) is 4.27. The highest BCUT2D eigenvalue weighted by Crippen LogP contribution is 2.29. The lowest BCUT2D eigenvalue weighted by molar-refractivity contribution is 0.412. The molecule has 0 N–H and O–H groups in total. The number of ether oxygens (including phenoxy) is 1. The lowest BCUT2D eigenvalue weighted by Crippen LogP contribution is -2.10. The highest BCUT2D eigenvalue weighted by atomic mass is 35.5. The van der Waals surface area contributed by atoms with E-state index in [0.717, 1.165) is 10.8 Å². The molecule has 0 bridgehead atoms. The Morgan fingerprint density at radius 3 is 2.30 bits per heavy atom. The van der Waals surface area contributed by atoms with E-state index in [1.54, 1.807) is 24.3 Å². The lowest BCUT2D eigenvalue weighted by Gasteiger charge is -2.10. The molecule has 6 heteroatoms. The summed E-state index contributed by atoms with van der Waals surface area (Å²) in [4.78, 5) is -0.133. The maximum absolute atomic E-state index is 12.5. The van der Waals surface area contributed by atoms with Crippen molar-refractivity contribution < 1.29 is 17.3 Å². The topological polar surface area (TPSA) is 52.6 Å². The normalized spacial score (nSPS) is 11.4. The highest BCUT2D eigenvalue weighted by Gasteiger charge is 2.21. The summed E-state index contributed by atoms with van der Waals surface area (Å²) in [6.45, 7) is 0. The number of hydrogen-bond donors (Lipinski definition) is 0. The van der Waals surface area contributed by atoms with E-state index in [0.29, 0.717) is 5.75 Å². The molecule has 3 rings (SSSR count). The second-order valence-electron chi connectivity index (χ2n) is 4.84. The molecule has 0 radical (unpaired) electrons. The molecule has 118 valence electrons. The van der Waals surface area contributed by atoms with Crippen molar-refractivity contribution in [2.45, 2.75) is 4.90 Å². The van der Waals surface area contributed by atoms with Gasteiger partial charge in [-0.1, -0.05) is 41.9 Å². The van der Waals surface area contributed by atoms with Crippen molar-refractivity contribution in [2.24, 2.45) is 0 Å². The van der Waals surface area contributed by atoms with Crippen molar-refractivity contribution in [1.82, 2.24) is 0 Å². The summed E-state index contributed by atoms with van der Waals surface area (Å²) in [6, 6.07) is 17.0. The number of methoxy groups -OCH3 is 1. The monoisotopic (exact) mass is 348 g/mol. The van der Waals surface area contributed by atoms with E-state index >= 15 is 0 Å². The fraction of sp³-hybridized carbons (Fsp3) is 0.0588. The van der Waals surface area contributed by atoms with Crippen molar-refractivity contribution in [3.05, 3.63) is 65.7 Å². The molecule has 0 aliphatic heterocycles. The zero-order valence-electron chi connectivity index (χ0n) is 12.2. The second-order valence-corrected chi connectivity index (χ2v) is 6.76. The molecular formula is C17H13ClO4S. The smallest absolute Gasteiger partial charge is 0.340 e. The Labute approximate surface area is 139 Å². The Balaban J connectivity index is 1.99. The third-order valence-corrected chi connectivity index (χ3v) is 5.06. The molecule has 0 spiro atoms. The molecule has 0 aliphatic carbocycles. The van der Waals surface area contributed by atoms with Gasteiger partial charge in [0.25, 0.3) is 0 Å². The second kappa shape index (κ2) is 6.10. The van der Waals surface area contributed by atoms with Crippen LogP contribution in [0.15, 0.2) is 65.6 Å². The summed E-state index contributed by atoms with van der Waals surface area (Å²) < 4.78 is 35.2. The van der Waals surface area contributed by atoms with E-state index in [1.807, 2.05) is 24.3 Å². The van der Waals surface area contributed by atoms with Gasteiger partial charge in [-0.05, 0) is 35.0 Å². The van der Waals surface area contributed by atoms with Crippen molar-refractivity contribution in [1.29, 1.82) is 0 Å². The van der Waals surface area contributed by atoms with Crippen LogP contribution in [0.25, 0.3) is 10.8 Å². The van der Waals surface area contributed by atoms with Crippen LogP contribution >= 0.6 is 11.6 Å². The van der Waals surface area contributed by atoms with Crippen LogP contribution in [-0.2, 0) is 10.1 Å². The summed E-state index contributed by atoms with van der Waals surface area (Å²) in [7, 11) is -2.61. The molecule has 0 saturated carbocycles. The molecule has 0 aromatic heterocycles. The van der Waals surface area contributed by atoms with Crippen LogP contribution in [0, 0.1) is 0 Å². The molecule has 4 nitrogen and oxygen atoms in total. The van der Waals surface area contributed by atoms with Gasteiger partial charge in [-0.2, -0.15) is 8.42 Å². The number of halogens is 1. The van der Waals surface area contributed by atoms with E-state index < -0.39 is 10.1 Å². The van der Waals surface area contributed by atoms with Crippen LogP contribution in [0.2, 0.25) is 5.02 Å². The van der Waals surface area contributed by atoms with Crippen LogP contribution in [0.3, 0.4) is 0 Å². The molecule has 0 aliphatic rings. The van der Waals surface area contributed by atoms with Gasteiger partial charge >= 0.3 is 10.1 Å². The molecule has 0 heterocycles. The summed E-state index contributed by atoms with van der Waals surface area (Å²) in [5.74, 6) is 0.609. The fourth-order valence-corrected chi connectivity index (χ4v) is 3.61. The molecule has 0 fully saturated rings. The number of rotatable bonds is 4. The molecule has 0 atom stereocenters. The zero-order valence-corrected chi connectivity index (χ0v) is 13.8. The first-order valence-corrected chi connectivity index (χ1v) is 8.55. The lowest BCUT2D eigenvalue weighted by atomic mass is 10.1. The minimum Gasteiger partial charge on any atom is -0.497 e. The van der Waals surface area contributed by atoms with E-state index in [4.69, 9.17) is 20.5 Å². The number of hydrogen-bond acceptors (Lipinski definition) is 4. The summed E-state index contributed by atoms with van der Waals surface area (Å²) >= 11 is 5.98. The highest BCUT2D eigenvalue weighted by molar-refractivity contribution is 7.87. The van der Waals surface area contributed by atoms with Gasteiger partial charge in [0.05, 0.1) is 12.1 Å². The van der Waals surface area contributed by atoms with E-state index in [-0.39, 0.29) is 15.7 Å². The summed E-state index contributed by atoms with van der Waals surface area (Å²) in [5, 5.41) is 1.96. The van der Waals surface area contributed by atoms with E-state index in [2.05, 4.69) is 0 Å². The first kappa shape index (κ1) is 15.6. The zero-order chi connectivity index (χ0) is 16.4. The van der Waals surface area contributed by atoms with Gasteiger partial charge < -0.3 is 8.92 Å². The van der Waals surface area contributed by atoms with Crippen LogP contribution in [0.4, 0.5) is 0 Å². The van der Waals surface area contributed by atoms with Gasteiger partial charge in [-0.15, -0.1) is 0 Å². The molecular weight excluding hydrogens is 336 g/mol. The van der Waals surface area contributed by atoms with E-state index in [1.165, 1.54) is 19.2 Å². The SMILES string of the molecule is COc1ccc(Cl)c(S(=O)(=O)Oc2ccc3ccccc3c2)c1. The Morgan fingerprint density at radius 2 is 1.57 bits per heavy atom. The van der Waals surface area contributed by atoms with Gasteiger partial charge in [-0.25, -0.2) is 0 Å². The molecule has 3 aromatic rings. The van der Waals surface area contributed by atoms with Crippen molar-refractivity contribution in [3.63, 3.8) is 0 Å². The summed E-state index contributed by atoms with van der Waals surface area (Å²) in [5.41, 5.74) is 0. The fourth-order valence-electron chi connectivity index (χ4n) is 2.19. The van der Waals surface area contributed by atoms with Gasteiger partial charge in [0, 0.05) is 6.07 Å². The average Bonchev–Trinajstić information content (AvgIpc) is 2.54. The third kappa shape index (κ3) is 3.25. The molecule has 0 saturated heterocycles. The standard InChI is InChI=1S/C17H13ClO4S/c1-21-14-8-9-16(18)17(11-14)23(19,20)22-15-7-6-12-4-2-3-5-13(12)10-15/h2-11H,1H3. The van der Waals surface area contributed by atoms with Gasteiger partial charge in [0.15, 0.2) is 0 Å². The first-order valence-electron chi connectivity index (χ1n) is 6.76. The van der Waals surface area contributed by atoms with Crippen LogP contribution in [0.5, 0.6) is 11.5 Å².